The molecule has 0 bridgehead atoms. The van der Waals surface area contributed by atoms with E-state index in [0.29, 0.717) is 18.1 Å². The van der Waals surface area contributed by atoms with Gasteiger partial charge < -0.3 is 9.64 Å². The molecule has 6 nitrogen and oxygen atoms in total. The molecule has 0 aliphatic carbocycles. The van der Waals surface area contributed by atoms with Crippen molar-refractivity contribution >= 4 is 5.91 Å². The Hall–Kier alpha value is -2.31. The van der Waals surface area contributed by atoms with E-state index in [1.807, 2.05) is 23.2 Å². The van der Waals surface area contributed by atoms with Crippen LogP contribution in [-0.4, -0.2) is 64.5 Å². The van der Waals surface area contributed by atoms with Crippen LogP contribution in [-0.2, 0) is 11.3 Å². The van der Waals surface area contributed by atoms with Crippen molar-refractivity contribution in [2.24, 2.45) is 5.92 Å². The summed E-state index contributed by atoms with van der Waals surface area (Å²) in [5, 5.41) is 0. The number of nitrogens with zero attached hydrogens (tertiary/aromatic N) is 4. The standard InChI is InChI=1S/C20H24N4O2/c1-23-11-17(13-26-12-16-3-2-6-22-10-16)9-20(23)14-24(15-20)19(25)18-4-7-21-8-5-18/h2-8,10,17H,9,11-15H2,1H3/t17-/m0/s1. The highest BCUT2D eigenvalue weighted by molar-refractivity contribution is 5.94. The topological polar surface area (TPSA) is 58.6 Å². The number of likely N-dealkylation sites (N-methyl/N-ethyl adjacent to an activating group) is 1. The second-order valence-corrected chi connectivity index (χ2v) is 7.45. The second-order valence-electron chi connectivity index (χ2n) is 7.45. The SMILES string of the molecule is CN1C[C@@H](COCc2cccnc2)CC12CN(C(=O)c1ccncc1)C2. The zero-order valence-corrected chi connectivity index (χ0v) is 15.0. The molecule has 4 rings (SSSR count). The van der Waals surface area contributed by atoms with E-state index in [4.69, 9.17) is 4.74 Å². The molecule has 0 N–H and O–H groups in total. The number of aromatic nitrogens is 2. The van der Waals surface area contributed by atoms with E-state index in [0.717, 1.165) is 38.2 Å². The first-order chi connectivity index (χ1) is 12.7. The van der Waals surface area contributed by atoms with Crippen LogP contribution in [0.4, 0.5) is 0 Å². The number of amides is 1. The van der Waals surface area contributed by atoms with Gasteiger partial charge in [-0.2, -0.15) is 0 Å². The summed E-state index contributed by atoms with van der Waals surface area (Å²) in [5.74, 6) is 0.609. The lowest BCUT2D eigenvalue weighted by Gasteiger charge is -2.52. The maximum absolute atomic E-state index is 12.5. The van der Waals surface area contributed by atoms with E-state index in [1.54, 1.807) is 30.7 Å². The average molecular weight is 352 g/mol. The third-order valence-electron chi connectivity index (χ3n) is 5.54. The van der Waals surface area contributed by atoms with Crippen molar-refractivity contribution < 1.29 is 9.53 Å². The van der Waals surface area contributed by atoms with Gasteiger partial charge in [0.25, 0.3) is 5.91 Å². The highest BCUT2D eigenvalue weighted by Crippen LogP contribution is 2.40. The van der Waals surface area contributed by atoms with Crippen LogP contribution < -0.4 is 0 Å². The molecule has 1 amide bonds. The predicted molar refractivity (Wildman–Crippen MR) is 97.5 cm³/mol. The van der Waals surface area contributed by atoms with Crippen LogP contribution in [0.25, 0.3) is 0 Å². The predicted octanol–water partition coefficient (Wildman–Crippen LogP) is 1.84. The van der Waals surface area contributed by atoms with E-state index >= 15 is 0 Å². The van der Waals surface area contributed by atoms with E-state index < -0.39 is 0 Å². The minimum absolute atomic E-state index is 0.0997. The summed E-state index contributed by atoms with van der Waals surface area (Å²) in [6.45, 7) is 3.96. The van der Waals surface area contributed by atoms with Crippen molar-refractivity contribution in [2.75, 3.05) is 33.3 Å². The summed E-state index contributed by atoms with van der Waals surface area (Å²) in [6.07, 6.45) is 8.03. The zero-order valence-electron chi connectivity index (χ0n) is 15.0. The minimum Gasteiger partial charge on any atom is -0.376 e. The van der Waals surface area contributed by atoms with E-state index in [2.05, 4.69) is 21.9 Å². The van der Waals surface area contributed by atoms with Crippen LogP contribution in [0, 0.1) is 5.92 Å². The molecule has 6 heteroatoms. The van der Waals surface area contributed by atoms with Gasteiger partial charge in [-0.05, 0) is 43.1 Å². The minimum atomic E-state index is 0.0997. The number of likely N-dealkylation sites (tertiary alicyclic amines) is 2. The molecule has 26 heavy (non-hydrogen) atoms. The fourth-order valence-corrected chi connectivity index (χ4v) is 4.13. The summed E-state index contributed by atoms with van der Waals surface area (Å²) in [6, 6.07) is 7.52. The van der Waals surface area contributed by atoms with Gasteiger partial charge in [-0.15, -0.1) is 0 Å². The molecule has 2 aliphatic rings. The summed E-state index contributed by atoms with van der Waals surface area (Å²) < 4.78 is 5.90. The number of rotatable bonds is 5. The third-order valence-corrected chi connectivity index (χ3v) is 5.54. The molecule has 2 aliphatic heterocycles. The average Bonchev–Trinajstić information content (AvgIpc) is 2.98. The fourth-order valence-electron chi connectivity index (χ4n) is 4.13. The van der Waals surface area contributed by atoms with Gasteiger partial charge in [-0.3, -0.25) is 19.7 Å². The Morgan fingerprint density at radius 3 is 2.77 bits per heavy atom. The first kappa shape index (κ1) is 17.1. The summed E-state index contributed by atoms with van der Waals surface area (Å²) in [7, 11) is 2.16. The van der Waals surface area contributed by atoms with Crippen LogP contribution in [0.1, 0.15) is 22.3 Å². The van der Waals surface area contributed by atoms with Crippen molar-refractivity contribution in [2.45, 2.75) is 18.6 Å². The Morgan fingerprint density at radius 2 is 2.04 bits per heavy atom. The first-order valence-corrected chi connectivity index (χ1v) is 9.03. The summed E-state index contributed by atoms with van der Waals surface area (Å²) >= 11 is 0. The highest BCUT2D eigenvalue weighted by atomic mass is 16.5. The lowest BCUT2D eigenvalue weighted by molar-refractivity contribution is -0.00805. The van der Waals surface area contributed by atoms with Crippen molar-refractivity contribution in [1.82, 2.24) is 19.8 Å². The second kappa shape index (κ2) is 7.13. The lowest BCUT2D eigenvalue weighted by Crippen LogP contribution is -2.68. The normalized spacial score (nSPS) is 21.7. The maximum Gasteiger partial charge on any atom is 0.254 e. The zero-order chi connectivity index (χ0) is 18.0. The molecular weight excluding hydrogens is 328 g/mol. The van der Waals surface area contributed by atoms with Gasteiger partial charge in [-0.1, -0.05) is 6.07 Å². The van der Waals surface area contributed by atoms with Gasteiger partial charge in [0, 0.05) is 50.0 Å². The Morgan fingerprint density at radius 1 is 1.23 bits per heavy atom. The number of ether oxygens (including phenoxy) is 1. The molecule has 0 radical (unpaired) electrons. The Kier molecular flexibility index (Phi) is 4.70. The van der Waals surface area contributed by atoms with Crippen molar-refractivity contribution in [3.8, 4) is 0 Å². The monoisotopic (exact) mass is 352 g/mol. The largest absolute Gasteiger partial charge is 0.376 e. The maximum atomic E-state index is 12.5. The van der Waals surface area contributed by atoms with Crippen LogP contribution in [0.15, 0.2) is 49.1 Å². The Bertz CT molecular complexity index is 747. The summed E-state index contributed by atoms with van der Waals surface area (Å²) in [4.78, 5) is 25.0. The van der Waals surface area contributed by atoms with Gasteiger partial charge in [-0.25, -0.2) is 0 Å². The van der Waals surface area contributed by atoms with Gasteiger partial charge in [0.2, 0.25) is 0 Å². The molecule has 1 spiro atoms. The molecule has 2 aromatic rings. The summed E-state index contributed by atoms with van der Waals surface area (Å²) in [5.41, 5.74) is 1.93. The first-order valence-electron chi connectivity index (χ1n) is 9.03. The smallest absolute Gasteiger partial charge is 0.254 e. The van der Waals surface area contributed by atoms with Crippen LogP contribution >= 0.6 is 0 Å². The van der Waals surface area contributed by atoms with E-state index in [-0.39, 0.29) is 11.4 Å². The molecule has 0 aromatic carbocycles. The van der Waals surface area contributed by atoms with Gasteiger partial charge in [0.1, 0.15) is 0 Å². The molecule has 0 saturated carbocycles. The van der Waals surface area contributed by atoms with Gasteiger partial charge in [0.05, 0.1) is 18.8 Å². The molecule has 1 atom stereocenters. The number of carbonyl (C=O) groups excluding carboxylic acids is 1. The third kappa shape index (κ3) is 3.34. The van der Waals surface area contributed by atoms with Crippen molar-refractivity contribution in [1.29, 1.82) is 0 Å². The molecular formula is C20H24N4O2. The Balaban J connectivity index is 1.27. The molecule has 0 unspecified atom stereocenters. The van der Waals surface area contributed by atoms with Crippen LogP contribution in [0.2, 0.25) is 0 Å². The number of hydrogen-bond acceptors (Lipinski definition) is 5. The molecule has 4 heterocycles. The number of carbonyl (C=O) groups is 1. The van der Waals surface area contributed by atoms with E-state index in [9.17, 15) is 4.79 Å². The highest BCUT2D eigenvalue weighted by Gasteiger charge is 2.53. The molecule has 2 fully saturated rings. The molecule has 136 valence electrons. The van der Waals surface area contributed by atoms with Crippen molar-refractivity contribution in [3.05, 3.63) is 60.2 Å². The number of pyridine rings is 2. The van der Waals surface area contributed by atoms with Crippen LogP contribution in [0.5, 0.6) is 0 Å². The van der Waals surface area contributed by atoms with Crippen molar-refractivity contribution in [3.63, 3.8) is 0 Å². The quantitative estimate of drug-likeness (QED) is 0.822. The van der Waals surface area contributed by atoms with Gasteiger partial charge >= 0.3 is 0 Å². The number of hydrogen-bond donors (Lipinski definition) is 0. The lowest BCUT2D eigenvalue weighted by atomic mass is 9.84. The Labute approximate surface area is 153 Å². The van der Waals surface area contributed by atoms with Gasteiger partial charge in [0.15, 0.2) is 0 Å². The van der Waals surface area contributed by atoms with E-state index in [1.165, 1.54) is 0 Å². The molecule has 2 aromatic heterocycles. The fraction of sp³-hybridized carbons (Fsp3) is 0.450. The molecule has 2 saturated heterocycles. The van der Waals surface area contributed by atoms with Crippen LogP contribution in [0.3, 0.4) is 0 Å².